The number of amides is 1. The van der Waals surface area contributed by atoms with Gasteiger partial charge in [0.2, 0.25) is 0 Å². The van der Waals surface area contributed by atoms with E-state index in [4.69, 9.17) is 14.5 Å². The van der Waals surface area contributed by atoms with E-state index in [1.165, 1.54) is 5.57 Å². The van der Waals surface area contributed by atoms with Crippen LogP contribution in [0.4, 0.5) is 10.8 Å². The molecule has 2 fully saturated rings. The standard InChI is InChI=1S/C29H37N7O3S/c1-35(2)18-20-5-8-24(23(17-20)27(37)30-13-16-38-3)33-26(21-6-7-21)25-19-40-29(34-25)36-14-9-22(10-15-36)39-28-31-11-4-12-32-28/h4-5,8,11-12,17,19,22,33H,6-7,9-10,13-16,18H2,1-3H3,(H,30,37). The number of nitrogens with one attached hydrogen (secondary N) is 2. The molecule has 3 aromatic rings. The van der Waals surface area contributed by atoms with Crippen molar-refractivity contribution >= 4 is 33.8 Å². The minimum atomic E-state index is -0.120. The van der Waals surface area contributed by atoms with Gasteiger partial charge in [-0.05, 0) is 56.3 Å². The fourth-order valence-electron chi connectivity index (χ4n) is 4.68. The molecular weight excluding hydrogens is 526 g/mol. The molecule has 1 saturated heterocycles. The van der Waals surface area contributed by atoms with Gasteiger partial charge < -0.3 is 29.9 Å². The topological polar surface area (TPSA) is 105 Å². The molecule has 40 heavy (non-hydrogen) atoms. The van der Waals surface area contributed by atoms with Crippen molar-refractivity contribution in [2.75, 3.05) is 57.7 Å². The maximum absolute atomic E-state index is 13.2. The minimum absolute atomic E-state index is 0.104. The number of anilines is 2. The molecule has 212 valence electrons. The lowest BCUT2D eigenvalue weighted by molar-refractivity contribution is 0.0937. The van der Waals surface area contributed by atoms with Crippen molar-refractivity contribution in [3.63, 3.8) is 0 Å². The highest BCUT2D eigenvalue weighted by molar-refractivity contribution is 7.13. The summed E-state index contributed by atoms with van der Waals surface area (Å²) in [6, 6.07) is 8.27. The van der Waals surface area contributed by atoms with Crippen molar-refractivity contribution in [3.05, 3.63) is 64.4 Å². The quantitative estimate of drug-likeness (QED) is 0.316. The van der Waals surface area contributed by atoms with Crippen molar-refractivity contribution in [3.8, 4) is 6.01 Å². The second kappa shape index (κ2) is 13.2. The first-order valence-electron chi connectivity index (χ1n) is 13.7. The van der Waals surface area contributed by atoms with E-state index in [-0.39, 0.29) is 12.0 Å². The third-order valence-corrected chi connectivity index (χ3v) is 7.71. The van der Waals surface area contributed by atoms with Crippen LogP contribution < -0.4 is 20.3 Å². The van der Waals surface area contributed by atoms with Crippen LogP contribution in [0.15, 0.2) is 47.6 Å². The van der Waals surface area contributed by atoms with Crippen LogP contribution in [0, 0.1) is 0 Å². The number of rotatable bonds is 12. The van der Waals surface area contributed by atoms with Gasteiger partial charge in [0.25, 0.3) is 5.91 Å². The van der Waals surface area contributed by atoms with Crippen molar-refractivity contribution in [1.82, 2.24) is 25.2 Å². The van der Waals surface area contributed by atoms with Crippen molar-refractivity contribution in [1.29, 1.82) is 0 Å². The SMILES string of the molecule is COCCNC(=O)c1cc(CN(C)C)ccc1NC(=C1CC1)c1csc(N2CCC(Oc3ncccn3)CC2)n1. The number of hydrogen-bond donors (Lipinski definition) is 2. The average molecular weight is 564 g/mol. The number of ether oxygens (including phenoxy) is 2. The Morgan fingerprint density at radius 1 is 1.18 bits per heavy atom. The number of nitrogens with zero attached hydrogens (tertiary/aromatic N) is 5. The summed E-state index contributed by atoms with van der Waals surface area (Å²) < 4.78 is 11.1. The molecule has 2 aliphatic rings. The highest BCUT2D eigenvalue weighted by Gasteiger charge is 2.26. The third-order valence-electron chi connectivity index (χ3n) is 6.81. The smallest absolute Gasteiger partial charge is 0.316 e. The van der Waals surface area contributed by atoms with Gasteiger partial charge in [0, 0.05) is 63.9 Å². The van der Waals surface area contributed by atoms with Gasteiger partial charge in [-0.25, -0.2) is 15.0 Å². The fourth-order valence-corrected chi connectivity index (χ4v) is 5.55. The number of carbonyl (C=O) groups excluding carboxylic acids is 1. The molecule has 0 unspecified atom stereocenters. The van der Waals surface area contributed by atoms with Gasteiger partial charge in [-0.15, -0.1) is 11.3 Å². The molecule has 0 bridgehead atoms. The Kier molecular flexibility index (Phi) is 9.25. The predicted molar refractivity (Wildman–Crippen MR) is 158 cm³/mol. The summed E-state index contributed by atoms with van der Waals surface area (Å²) in [5.41, 5.74) is 5.74. The number of carbonyl (C=O) groups is 1. The minimum Gasteiger partial charge on any atom is -0.460 e. The van der Waals surface area contributed by atoms with Gasteiger partial charge in [-0.3, -0.25) is 4.79 Å². The second-order valence-electron chi connectivity index (χ2n) is 10.3. The summed E-state index contributed by atoms with van der Waals surface area (Å²) >= 11 is 1.66. The van der Waals surface area contributed by atoms with E-state index in [1.807, 2.05) is 26.2 Å². The molecule has 1 saturated carbocycles. The lowest BCUT2D eigenvalue weighted by Crippen LogP contribution is -2.38. The Bertz CT molecular complexity index is 1310. The number of benzene rings is 1. The Morgan fingerprint density at radius 2 is 1.95 bits per heavy atom. The van der Waals surface area contributed by atoms with E-state index < -0.39 is 0 Å². The summed E-state index contributed by atoms with van der Waals surface area (Å²) in [4.78, 5) is 31.0. The number of hydrogen-bond acceptors (Lipinski definition) is 10. The van der Waals surface area contributed by atoms with Crippen molar-refractivity contribution < 1.29 is 14.3 Å². The highest BCUT2D eigenvalue weighted by Crippen LogP contribution is 2.39. The zero-order valence-corrected chi connectivity index (χ0v) is 24.2. The van der Waals surface area contributed by atoms with Crippen LogP contribution in [0.5, 0.6) is 6.01 Å². The largest absolute Gasteiger partial charge is 0.460 e. The Balaban J connectivity index is 1.29. The third kappa shape index (κ3) is 7.35. The zero-order chi connectivity index (χ0) is 27.9. The number of aromatic nitrogens is 3. The molecule has 0 atom stereocenters. The van der Waals surface area contributed by atoms with Crippen LogP contribution in [-0.4, -0.2) is 79.3 Å². The van der Waals surface area contributed by atoms with Gasteiger partial charge in [-0.2, -0.15) is 0 Å². The molecule has 1 aliphatic carbocycles. The first-order chi connectivity index (χ1) is 19.5. The van der Waals surface area contributed by atoms with E-state index in [9.17, 15) is 4.79 Å². The summed E-state index contributed by atoms with van der Waals surface area (Å²) in [6.45, 7) is 3.40. The number of thiazole rings is 1. The molecule has 5 rings (SSSR count). The van der Waals surface area contributed by atoms with E-state index >= 15 is 0 Å². The molecule has 3 heterocycles. The second-order valence-corrected chi connectivity index (χ2v) is 11.2. The van der Waals surface area contributed by atoms with Crippen LogP contribution >= 0.6 is 11.3 Å². The van der Waals surface area contributed by atoms with Crippen LogP contribution in [-0.2, 0) is 11.3 Å². The van der Waals surface area contributed by atoms with Crippen LogP contribution in [0.1, 0.15) is 47.3 Å². The lowest BCUT2D eigenvalue weighted by atomic mass is 10.1. The first kappa shape index (κ1) is 28.0. The molecular formula is C29H37N7O3S. The normalized spacial score (nSPS) is 15.3. The zero-order valence-electron chi connectivity index (χ0n) is 23.4. The predicted octanol–water partition coefficient (Wildman–Crippen LogP) is 4.04. The monoisotopic (exact) mass is 563 g/mol. The van der Waals surface area contributed by atoms with Crippen LogP contribution in [0.3, 0.4) is 0 Å². The molecule has 1 aromatic carbocycles. The van der Waals surface area contributed by atoms with E-state index in [2.05, 4.69) is 41.8 Å². The summed E-state index contributed by atoms with van der Waals surface area (Å²) in [5.74, 6) is -0.120. The molecule has 2 aromatic heterocycles. The number of piperidine rings is 1. The van der Waals surface area contributed by atoms with Gasteiger partial charge in [0.15, 0.2) is 5.13 Å². The van der Waals surface area contributed by atoms with Crippen molar-refractivity contribution in [2.45, 2.75) is 38.3 Å². The number of methoxy groups -OCH3 is 1. The molecule has 2 N–H and O–H groups in total. The van der Waals surface area contributed by atoms with E-state index in [1.54, 1.807) is 36.9 Å². The maximum atomic E-state index is 13.2. The Morgan fingerprint density at radius 3 is 2.65 bits per heavy atom. The highest BCUT2D eigenvalue weighted by atomic mass is 32.1. The Hall–Kier alpha value is -3.54. The van der Waals surface area contributed by atoms with Crippen LogP contribution in [0.25, 0.3) is 5.70 Å². The van der Waals surface area contributed by atoms with E-state index in [0.717, 1.165) is 73.1 Å². The van der Waals surface area contributed by atoms with Gasteiger partial charge in [-0.1, -0.05) is 6.07 Å². The maximum Gasteiger partial charge on any atom is 0.316 e. The van der Waals surface area contributed by atoms with Crippen molar-refractivity contribution in [2.24, 2.45) is 0 Å². The van der Waals surface area contributed by atoms with E-state index in [0.29, 0.717) is 24.7 Å². The average Bonchev–Trinajstić information content (AvgIpc) is 3.68. The molecule has 1 aliphatic heterocycles. The molecule has 11 heteroatoms. The summed E-state index contributed by atoms with van der Waals surface area (Å²) in [5, 5.41) is 9.68. The lowest BCUT2D eigenvalue weighted by Gasteiger charge is -2.31. The summed E-state index contributed by atoms with van der Waals surface area (Å²) in [7, 11) is 5.67. The fraction of sp³-hybridized carbons (Fsp3) is 0.448. The molecule has 0 radical (unpaired) electrons. The van der Waals surface area contributed by atoms with Gasteiger partial charge in [0.1, 0.15) is 6.10 Å². The van der Waals surface area contributed by atoms with Gasteiger partial charge in [0.05, 0.1) is 29.2 Å². The molecule has 1 amide bonds. The molecule has 0 spiro atoms. The van der Waals surface area contributed by atoms with Gasteiger partial charge >= 0.3 is 6.01 Å². The van der Waals surface area contributed by atoms with Crippen LogP contribution in [0.2, 0.25) is 0 Å². The summed E-state index contributed by atoms with van der Waals surface area (Å²) in [6.07, 6.45) is 7.35. The molecule has 10 nitrogen and oxygen atoms in total. The first-order valence-corrected chi connectivity index (χ1v) is 14.6. The number of allylic oxidation sites excluding steroid dienone is 1. The Labute approximate surface area is 239 Å².